The summed E-state index contributed by atoms with van der Waals surface area (Å²) in [5.41, 5.74) is 7.27. The Morgan fingerprint density at radius 1 is 1.36 bits per heavy atom. The van der Waals surface area contributed by atoms with Gasteiger partial charge in [-0.05, 0) is 50.3 Å². The van der Waals surface area contributed by atoms with Crippen LogP contribution in [0.5, 0.6) is 5.75 Å². The van der Waals surface area contributed by atoms with E-state index in [0.717, 1.165) is 38.0 Å². The van der Waals surface area contributed by atoms with Gasteiger partial charge in [-0.15, -0.1) is 12.4 Å². The maximum atomic E-state index is 12.4. The first-order valence-corrected chi connectivity index (χ1v) is 7.88. The van der Waals surface area contributed by atoms with E-state index in [4.69, 9.17) is 10.5 Å². The van der Waals surface area contributed by atoms with Crippen LogP contribution in [0, 0.1) is 0 Å². The first kappa shape index (κ1) is 18.8. The zero-order valence-electron chi connectivity index (χ0n) is 13.5. The van der Waals surface area contributed by atoms with Crippen molar-refractivity contribution in [2.75, 3.05) is 13.2 Å². The van der Waals surface area contributed by atoms with Gasteiger partial charge in [0.1, 0.15) is 5.75 Å². The van der Waals surface area contributed by atoms with Crippen LogP contribution in [-0.4, -0.2) is 36.0 Å². The molecule has 124 valence electrons. The van der Waals surface area contributed by atoms with Crippen molar-refractivity contribution in [3.63, 3.8) is 0 Å². The summed E-state index contributed by atoms with van der Waals surface area (Å²) < 4.78 is 5.62. The molecule has 1 aromatic carbocycles. The predicted octanol–water partition coefficient (Wildman–Crippen LogP) is 2.78. The zero-order valence-corrected chi connectivity index (χ0v) is 14.3. The van der Waals surface area contributed by atoms with Gasteiger partial charge in [0.05, 0.1) is 0 Å². The van der Waals surface area contributed by atoms with E-state index in [-0.39, 0.29) is 37.0 Å². The maximum absolute atomic E-state index is 12.4. The Morgan fingerprint density at radius 2 is 2.05 bits per heavy atom. The minimum absolute atomic E-state index is 0. The molecule has 2 N–H and O–H groups in total. The molecule has 2 atom stereocenters. The van der Waals surface area contributed by atoms with E-state index < -0.39 is 0 Å². The third-order valence-electron chi connectivity index (χ3n) is 4.17. The summed E-state index contributed by atoms with van der Waals surface area (Å²) in [6.45, 7) is 4.97. The number of piperidine rings is 1. The van der Waals surface area contributed by atoms with E-state index in [1.807, 2.05) is 36.1 Å². The van der Waals surface area contributed by atoms with Crippen LogP contribution in [0.3, 0.4) is 0 Å². The average molecular weight is 327 g/mol. The van der Waals surface area contributed by atoms with Gasteiger partial charge in [-0.25, -0.2) is 0 Å². The lowest BCUT2D eigenvalue weighted by Gasteiger charge is -2.38. The van der Waals surface area contributed by atoms with E-state index in [0.29, 0.717) is 0 Å². The predicted molar refractivity (Wildman–Crippen MR) is 91.6 cm³/mol. The zero-order chi connectivity index (χ0) is 15.2. The van der Waals surface area contributed by atoms with Gasteiger partial charge in [0.2, 0.25) is 0 Å². The number of rotatable bonds is 5. The van der Waals surface area contributed by atoms with Gasteiger partial charge in [0.25, 0.3) is 5.91 Å². The quantitative estimate of drug-likeness (QED) is 0.905. The van der Waals surface area contributed by atoms with Crippen molar-refractivity contribution in [1.82, 2.24) is 4.90 Å². The third-order valence-corrected chi connectivity index (χ3v) is 4.17. The molecule has 0 aliphatic carbocycles. The molecule has 2 unspecified atom stereocenters. The average Bonchev–Trinajstić information content (AvgIpc) is 2.53. The molecule has 4 nitrogen and oxygen atoms in total. The lowest BCUT2D eigenvalue weighted by atomic mass is 9.97. The molecule has 0 radical (unpaired) electrons. The Balaban J connectivity index is 0.00000242. The summed E-state index contributed by atoms with van der Waals surface area (Å²) in [6, 6.07) is 8.07. The smallest absolute Gasteiger partial charge is 0.260 e. The Hall–Kier alpha value is -1.26. The lowest BCUT2D eigenvalue weighted by molar-refractivity contribution is -0.137. The molecule has 1 heterocycles. The number of halogens is 1. The van der Waals surface area contributed by atoms with Gasteiger partial charge in [-0.2, -0.15) is 0 Å². The van der Waals surface area contributed by atoms with Crippen LogP contribution in [0.1, 0.15) is 38.7 Å². The van der Waals surface area contributed by atoms with Crippen molar-refractivity contribution < 1.29 is 9.53 Å². The summed E-state index contributed by atoms with van der Waals surface area (Å²) in [5, 5.41) is 0. The van der Waals surface area contributed by atoms with Crippen molar-refractivity contribution in [3.05, 3.63) is 29.8 Å². The molecule has 1 fully saturated rings. The van der Waals surface area contributed by atoms with Crippen LogP contribution in [-0.2, 0) is 11.2 Å². The fraction of sp³-hybridized carbons (Fsp3) is 0.588. The number of amides is 1. The van der Waals surface area contributed by atoms with Crippen LogP contribution in [0.15, 0.2) is 24.3 Å². The molecular formula is C17H27ClN2O2. The molecule has 22 heavy (non-hydrogen) atoms. The SMILES string of the molecule is CCc1ccc(OCC(=O)N2CCCCC2C(C)N)cc1.Cl. The van der Waals surface area contributed by atoms with E-state index in [2.05, 4.69) is 6.92 Å². The Morgan fingerprint density at radius 3 is 2.64 bits per heavy atom. The summed E-state index contributed by atoms with van der Waals surface area (Å²) in [7, 11) is 0. The number of likely N-dealkylation sites (tertiary alicyclic amines) is 1. The van der Waals surface area contributed by atoms with E-state index in [1.54, 1.807) is 0 Å². The second-order valence-electron chi connectivity index (χ2n) is 5.80. The van der Waals surface area contributed by atoms with Crippen LogP contribution in [0.25, 0.3) is 0 Å². The number of ether oxygens (including phenoxy) is 1. The first-order valence-electron chi connectivity index (χ1n) is 7.88. The lowest BCUT2D eigenvalue weighted by Crippen LogP contribution is -2.52. The highest BCUT2D eigenvalue weighted by Crippen LogP contribution is 2.20. The molecule has 0 bridgehead atoms. The molecule has 2 rings (SSSR count). The molecule has 0 saturated carbocycles. The number of hydrogen-bond donors (Lipinski definition) is 1. The van der Waals surface area contributed by atoms with Crippen LogP contribution in [0.4, 0.5) is 0 Å². The first-order chi connectivity index (χ1) is 10.1. The number of carbonyl (C=O) groups excluding carboxylic acids is 1. The van der Waals surface area contributed by atoms with Gasteiger partial charge in [0, 0.05) is 18.6 Å². The van der Waals surface area contributed by atoms with Crippen LogP contribution >= 0.6 is 12.4 Å². The highest BCUT2D eigenvalue weighted by Gasteiger charge is 2.29. The van der Waals surface area contributed by atoms with Crippen LogP contribution < -0.4 is 10.5 Å². The molecule has 5 heteroatoms. The highest BCUT2D eigenvalue weighted by atomic mass is 35.5. The number of carbonyl (C=O) groups is 1. The Kier molecular flexibility index (Phi) is 7.69. The van der Waals surface area contributed by atoms with Gasteiger partial charge in [-0.3, -0.25) is 4.79 Å². The van der Waals surface area contributed by atoms with Crippen LogP contribution in [0.2, 0.25) is 0 Å². The standard InChI is InChI=1S/C17H26N2O2.ClH/c1-3-14-7-9-15(10-8-14)21-12-17(20)19-11-5-4-6-16(19)13(2)18;/h7-10,13,16H,3-6,11-12,18H2,1-2H3;1H. The van der Waals surface area contributed by atoms with Crippen molar-refractivity contribution in [2.45, 2.75) is 51.6 Å². The van der Waals surface area contributed by atoms with Crippen molar-refractivity contribution >= 4 is 18.3 Å². The van der Waals surface area contributed by atoms with E-state index in [9.17, 15) is 4.79 Å². The largest absolute Gasteiger partial charge is 0.484 e. The molecule has 1 aromatic rings. The van der Waals surface area contributed by atoms with Crippen molar-refractivity contribution in [2.24, 2.45) is 5.73 Å². The summed E-state index contributed by atoms with van der Waals surface area (Å²) in [4.78, 5) is 14.3. The monoisotopic (exact) mass is 326 g/mol. The minimum Gasteiger partial charge on any atom is -0.484 e. The molecule has 1 amide bonds. The second kappa shape index (κ2) is 9.01. The number of benzene rings is 1. The van der Waals surface area contributed by atoms with Gasteiger partial charge >= 0.3 is 0 Å². The Labute approximate surface area is 139 Å². The fourth-order valence-electron chi connectivity index (χ4n) is 2.86. The summed E-state index contributed by atoms with van der Waals surface area (Å²) in [5.74, 6) is 0.784. The Bertz CT molecular complexity index is 462. The fourth-order valence-corrected chi connectivity index (χ4v) is 2.86. The van der Waals surface area contributed by atoms with Crippen molar-refractivity contribution in [1.29, 1.82) is 0 Å². The number of hydrogen-bond acceptors (Lipinski definition) is 3. The molecule has 1 saturated heterocycles. The second-order valence-corrected chi connectivity index (χ2v) is 5.80. The van der Waals surface area contributed by atoms with Gasteiger partial charge in [-0.1, -0.05) is 19.1 Å². The minimum atomic E-state index is 0. The topological polar surface area (TPSA) is 55.6 Å². The molecule has 0 aromatic heterocycles. The third kappa shape index (κ3) is 4.89. The number of nitrogens with two attached hydrogens (primary N) is 1. The highest BCUT2D eigenvalue weighted by molar-refractivity contribution is 5.85. The van der Waals surface area contributed by atoms with Crippen molar-refractivity contribution in [3.8, 4) is 5.75 Å². The molecular weight excluding hydrogens is 300 g/mol. The summed E-state index contributed by atoms with van der Waals surface area (Å²) in [6.07, 6.45) is 4.20. The normalized spacial score (nSPS) is 19.2. The number of nitrogens with zero attached hydrogens (tertiary/aromatic N) is 1. The van der Waals surface area contributed by atoms with E-state index >= 15 is 0 Å². The molecule has 0 spiro atoms. The molecule has 1 aliphatic heterocycles. The van der Waals surface area contributed by atoms with E-state index in [1.165, 1.54) is 5.56 Å². The van der Waals surface area contributed by atoms with Gasteiger partial charge < -0.3 is 15.4 Å². The number of aryl methyl sites for hydroxylation is 1. The van der Waals surface area contributed by atoms with Gasteiger partial charge in [0.15, 0.2) is 6.61 Å². The summed E-state index contributed by atoms with van der Waals surface area (Å²) >= 11 is 0. The molecule has 1 aliphatic rings. The maximum Gasteiger partial charge on any atom is 0.260 e.